The molecule has 1 fully saturated rings. The molecule has 0 saturated carbocycles. The predicted octanol–water partition coefficient (Wildman–Crippen LogP) is 3.73. The van der Waals surface area contributed by atoms with Gasteiger partial charge in [0.2, 0.25) is 11.5 Å². The number of benzene rings is 2. The molecule has 0 aromatic heterocycles. The van der Waals surface area contributed by atoms with Gasteiger partial charge in [-0.25, -0.2) is 4.79 Å². The van der Waals surface area contributed by atoms with E-state index in [2.05, 4.69) is 5.32 Å². The number of amides is 2. The quantitative estimate of drug-likeness (QED) is 0.303. The van der Waals surface area contributed by atoms with Gasteiger partial charge in [0.25, 0.3) is 5.24 Å². The van der Waals surface area contributed by atoms with E-state index in [0.29, 0.717) is 47.8 Å². The molecule has 0 spiro atoms. The second-order valence-corrected chi connectivity index (χ2v) is 11.3. The molecule has 0 aliphatic carbocycles. The van der Waals surface area contributed by atoms with Gasteiger partial charge in [0, 0.05) is 24.7 Å². The van der Waals surface area contributed by atoms with E-state index >= 15 is 0 Å². The van der Waals surface area contributed by atoms with E-state index in [0.717, 1.165) is 28.5 Å². The number of carbonyl (C=O) groups is 3. The molecule has 2 aromatic rings. The molecule has 4 rings (SSSR count). The number of fused-ring (bicyclic) bond motifs is 1. The maximum absolute atomic E-state index is 13.3. The van der Waals surface area contributed by atoms with Gasteiger partial charge in [0.15, 0.2) is 0 Å². The lowest BCUT2D eigenvalue weighted by Gasteiger charge is -2.33. The van der Waals surface area contributed by atoms with Crippen LogP contribution in [0.2, 0.25) is 0 Å². The van der Waals surface area contributed by atoms with E-state index in [9.17, 15) is 19.5 Å². The van der Waals surface area contributed by atoms with Gasteiger partial charge in [-0.05, 0) is 62.9 Å². The fraction of sp³-hybridized carbons (Fsp3) is 0.483. The molecule has 2 amide bonds. The topological polar surface area (TPSA) is 130 Å². The number of imide groups is 1. The van der Waals surface area contributed by atoms with Crippen LogP contribution in [0, 0.1) is 20.8 Å². The van der Waals surface area contributed by atoms with Crippen LogP contribution in [0.4, 0.5) is 4.79 Å². The highest BCUT2D eigenvalue weighted by molar-refractivity contribution is 8.15. The van der Waals surface area contributed by atoms with E-state index in [1.807, 2.05) is 32.9 Å². The molecule has 2 N–H and O–H groups in total. The Morgan fingerprint density at radius 1 is 1.12 bits per heavy atom. The molecule has 11 heteroatoms. The number of esters is 1. The van der Waals surface area contributed by atoms with Gasteiger partial charge >= 0.3 is 5.97 Å². The van der Waals surface area contributed by atoms with Crippen molar-refractivity contribution in [1.29, 1.82) is 0 Å². The zero-order valence-electron chi connectivity index (χ0n) is 23.3. The molecule has 0 bridgehead atoms. The molecular weight excluding hydrogens is 538 g/mol. The van der Waals surface area contributed by atoms with Crippen LogP contribution in [-0.4, -0.2) is 66.6 Å². The van der Waals surface area contributed by atoms with Crippen molar-refractivity contribution in [3.05, 3.63) is 52.1 Å². The van der Waals surface area contributed by atoms with Crippen LogP contribution in [0.25, 0.3) is 0 Å². The summed E-state index contributed by atoms with van der Waals surface area (Å²) in [6.07, 6.45) is 0.166. The summed E-state index contributed by atoms with van der Waals surface area (Å²) in [7, 11) is 1.52. The Hall–Kier alpha value is -3.28. The molecule has 10 nitrogen and oxygen atoms in total. The maximum Gasteiger partial charge on any atom is 0.353 e. The number of nitrogens with one attached hydrogen (secondary N) is 1. The van der Waals surface area contributed by atoms with E-state index in [1.165, 1.54) is 7.11 Å². The first kappa shape index (κ1) is 29.7. The van der Waals surface area contributed by atoms with Crippen LogP contribution in [0.15, 0.2) is 24.3 Å². The van der Waals surface area contributed by atoms with Crippen molar-refractivity contribution in [3.8, 4) is 17.2 Å². The zero-order valence-corrected chi connectivity index (χ0v) is 24.1. The number of aliphatic hydroxyl groups is 1. The third kappa shape index (κ3) is 6.37. The number of thioether (sulfide) groups is 1. The molecule has 2 heterocycles. The van der Waals surface area contributed by atoms with Gasteiger partial charge in [0.05, 0.1) is 24.6 Å². The van der Waals surface area contributed by atoms with Crippen LogP contribution in [0.3, 0.4) is 0 Å². The Morgan fingerprint density at radius 2 is 1.85 bits per heavy atom. The second kappa shape index (κ2) is 12.5. The van der Waals surface area contributed by atoms with Crippen LogP contribution >= 0.6 is 11.8 Å². The van der Waals surface area contributed by atoms with Crippen molar-refractivity contribution in [2.24, 2.45) is 0 Å². The second-order valence-electron chi connectivity index (χ2n) is 10.1. The average molecular weight is 574 g/mol. The van der Waals surface area contributed by atoms with Crippen molar-refractivity contribution in [2.75, 3.05) is 33.5 Å². The number of hydrogen-bond donors (Lipinski definition) is 2. The maximum atomic E-state index is 13.3. The van der Waals surface area contributed by atoms with Gasteiger partial charge in [-0.15, -0.1) is 0 Å². The molecule has 2 aromatic carbocycles. The van der Waals surface area contributed by atoms with Gasteiger partial charge in [-0.1, -0.05) is 23.9 Å². The summed E-state index contributed by atoms with van der Waals surface area (Å²) in [5.41, 5.74) is 2.30. The van der Waals surface area contributed by atoms with E-state index in [1.54, 1.807) is 19.1 Å². The minimum Gasteiger partial charge on any atom is -0.493 e. The summed E-state index contributed by atoms with van der Waals surface area (Å²) < 4.78 is 28.8. The normalized spacial score (nSPS) is 19.8. The van der Waals surface area contributed by atoms with Crippen molar-refractivity contribution < 1.29 is 43.2 Å². The standard InChI is InChI=1S/C29H35NO9S/c1-16-17(2)25-23(21(31)10-11-36-25)18(3)24(16)39-29(4,27(33)37-13-12-35-5)15-38-20-8-6-19(7-9-20)14-22-26(32)30-28(34)40-22/h6-9,21-22,31H,10-15H2,1-5H3,(H,30,32,34). The number of hydrogen-bond acceptors (Lipinski definition) is 10. The molecule has 3 atom stereocenters. The lowest BCUT2D eigenvalue weighted by molar-refractivity contribution is -0.164. The van der Waals surface area contributed by atoms with Gasteiger partial charge in [-0.2, -0.15) is 0 Å². The molecule has 2 aliphatic rings. The molecule has 0 radical (unpaired) electrons. The first-order valence-corrected chi connectivity index (χ1v) is 13.9. The van der Waals surface area contributed by atoms with E-state index in [4.69, 9.17) is 23.7 Å². The predicted molar refractivity (Wildman–Crippen MR) is 148 cm³/mol. The van der Waals surface area contributed by atoms with Gasteiger partial charge in [-0.3, -0.25) is 14.9 Å². The van der Waals surface area contributed by atoms with Crippen molar-refractivity contribution in [3.63, 3.8) is 0 Å². The molecule has 2 aliphatic heterocycles. The van der Waals surface area contributed by atoms with Crippen LogP contribution < -0.4 is 19.5 Å². The summed E-state index contributed by atoms with van der Waals surface area (Å²) in [5.74, 6) is 0.688. The first-order valence-electron chi connectivity index (χ1n) is 13.1. The third-order valence-corrected chi connectivity index (χ3v) is 8.09. The number of rotatable bonds is 11. The number of ether oxygens (including phenoxy) is 5. The summed E-state index contributed by atoms with van der Waals surface area (Å²) in [5, 5.41) is 12.2. The Kier molecular flexibility index (Phi) is 9.27. The van der Waals surface area contributed by atoms with Crippen LogP contribution in [0.5, 0.6) is 17.2 Å². The number of aliphatic hydroxyl groups excluding tert-OH is 1. The Bertz CT molecular complexity index is 1280. The van der Waals surface area contributed by atoms with E-state index in [-0.39, 0.29) is 31.0 Å². The van der Waals surface area contributed by atoms with Crippen molar-refractivity contribution >= 4 is 28.9 Å². The highest BCUT2D eigenvalue weighted by atomic mass is 32.2. The summed E-state index contributed by atoms with van der Waals surface area (Å²) >= 11 is 0.979. The Balaban J connectivity index is 1.55. The number of methoxy groups -OCH3 is 1. The summed E-state index contributed by atoms with van der Waals surface area (Å²) in [6.45, 7) is 7.76. The Morgan fingerprint density at radius 3 is 2.50 bits per heavy atom. The lowest BCUT2D eigenvalue weighted by atomic mass is 9.91. The first-order chi connectivity index (χ1) is 19.0. The monoisotopic (exact) mass is 573 g/mol. The van der Waals surface area contributed by atoms with Crippen molar-refractivity contribution in [2.45, 2.75) is 57.5 Å². The fourth-order valence-electron chi connectivity index (χ4n) is 4.68. The van der Waals surface area contributed by atoms with Crippen molar-refractivity contribution in [1.82, 2.24) is 5.32 Å². The minimum absolute atomic E-state index is 0.0476. The molecular formula is C29H35NO9S. The van der Waals surface area contributed by atoms with Crippen LogP contribution in [0.1, 0.15) is 47.3 Å². The molecule has 40 heavy (non-hydrogen) atoms. The SMILES string of the molecule is COCCOC(=O)C(C)(COc1ccc(CC2SC(=O)NC2=O)cc1)Oc1c(C)c(C)c2c(c1C)C(O)CCO2. The lowest BCUT2D eigenvalue weighted by Crippen LogP contribution is -2.48. The Labute approximate surface area is 237 Å². The largest absolute Gasteiger partial charge is 0.493 e. The summed E-state index contributed by atoms with van der Waals surface area (Å²) in [6, 6.07) is 7.09. The fourth-order valence-corrected chi connectivity index (χ4v) is 5.54. The highest BCUT2D eigenvalue weighted by Crippen LogP contribution is 2.45. The van der Waals surface area contributed by atoms with E-state index < -0.39 is 22.9 Å². The molecule has 216 valence electrons. The van der Waals surface area contributed by atoms with Gasteiger partial charge in [0.1, 0.15) is 30.5 Å². The average Bonchev–Trinajstić information content (AvgIpc) is 3.25. The summed E-state index contributed by atoms with van der Waals surface area (Å²) in [4.78, 5) is 36.6. The zero-order chi connectivity index (χ0) is 29.0. The van der Waals surface area contributed by atoms with Gasteiger partial charge < -0.3 is 28.8 Å². The number of carbonyl (C=O) groups excluding carboxylic acids is 3. The molecule has 3 unspecified atom stereocenters. The molecule has 1 saturated heterocycles. The minimum atomic E-state index is -1.54. The van der Waals surface area contributed by atoms with Crippen LogP contribution in [-0.2, 0) is 25.5 Å². The highest BCUT2D eigenvalue weighted by Gasteiger charge is 2.41. The third-order valence-electron chi connectivity index (χ3n) is 7.11. The smallest absolute Gasteiger partial charge is 0.353 e.